The van der Waals surface area contributed by atoms with Gasteiger partial charge in [0, 0.05) is 12.6 Å². The van der Waals surface area contributed by atoms with E-state index in [2.05, 4.69) is 5.32 Å². The third-order valence-electron chi connectivity index (χ3n) is 3.45. The van der Waals surface area contributed by atoms with Gasteiger partial charge in [0.05, 0.1) is 6.54 Å². The summed E-state index contributed by atoms with van der Waals surface area (Å²) < 4.78 is 26.2. The topological polar surface area (TPSA) is 49.4 Å². The molecular formula is C15H18F2N2O2. The van der Waals surface area contributed by atoms with Crippen LogP contribution in [0.3, 0.4) is 0 Å². The molecular weight excluding hydrogens is 278 g/mol. The Morgan fingerprint density at radius 3 is 2.52 bits per heavy atom. The molecule has 1 atom stereocenters. The van der Waals surface area contributed by atoms with Crippen molar-refractivity contribution in [3.63, 3.8) is 0 Å². The third-order valence-corrected chi connectivity index (χ3v) is 3.45. The van der Waals surface area contributed by atoms with Crippen LogP contribution >= 0.6 is 0 Å². The molecule has 1 saturated heterocycles. The van der Waals surface area contributed by atoms with Gasteiger partial charge in [-0.3, -0.25) is 9.59 Å². The fourth-order valence-electron chi connectivity index (χ4n) is 2.47. The van der Waals surface area contributed by atoms with E-state index in [1.165, 1.54) is 17.0 Å². The number of rotatable bonds is 5. The van der Waals surface area contributed by atoms with Crippen molar-refractivity contribution in [3.8, 4) is 0 Å². The van der Waals surface area contributed by atoms with Crippen LogP contribution in [0.25, 0.3) is 0 Å². The van der Waals surface area contributed by atoms with Crippen molar-refractivity contribution in [1.29, 1.82) is 0 Å². The molecule has 6 heteroatoms. The van der Waals surface area contributed by atoms with Gasteiger partial charge in [-0.2, -0.15) is 0 Å². The monoisotopic (exact) mass is 296 g/mol. The van der Waals surface area contributed by atoms with Crippen molar-refractivity contribution in [2.45, 2.75) is 32.2 Å². The van der Waals surface area contributed by atoms with E-state index in [4.69, 9.17) is 0 Å². The molecule has 4 nitrogen and oxygen atoms in total. The van der Waals surface area contributed by atoms with Crippen LogP contribution in [0.4, 0.5) is 8.78 Å². The number of benzene rings is 1. The van der Waals surface area contributed by atoms with Crippen LogP contribution in [0.1, 0.15) is 25.3 Å². The van der Waals surface area contributed by atoms with Crippen molar-refractivity contribution in [1.82, 2.24) is 10.2 Å². The molecule has 2 rings (SSSR count). The lowest BCUT2D eigenvalue weighted by atomic mass is 10.1. The van der Waals surface area contributed by atoms with Gasteiger partial charge < -0.3 is 10.2 Å². The Bertz CT molecular complexity index is 528. The lowest BCUT2D eigenvalue weighted by molar-refractivity contribution is -0.144. The number of amides is 2. The van der Waals surface area contributed by atoms with E-state index < -0.39 is 17.7 Å². The van der Waals surface area contributed by atoms with Crippen molar-refractivity contribution in [2.75, 3.05) is 13.1 Å². The molecule has 114 valence electrons. The first kappa shape index (κ1) is 15.4. The highest BCUT2D eigenvalue weighted by Crippen LogP contribution is 2.12. The fraction of sp³-hybridized carbons (Fsp3) is 0.467. The number of nitrogens with one attached hydrogen (secondary N) is 1. The summed E-state index contributed by atoms with van der Waals surface area (Å²) in [5, 5.41) is 2.66. The normalized spacial score (nSPS) is 18.8. The van der Waals surface area contributed by atoms with Gasteiger partial charge >= 0.3 is 0 Å². The molecule has 1 aromatic carbocycles. The molecule has 0 aliphatic carbocycles. The number of carbonyl (C=O) groups is 2. The molecule has 1 aliphatic heterocycles. The number of halogens is 2. The summed E-state index contributed by atoms with van der Waals surface area (Å²) in [6.07, 6.45) is 1.70. The fourth-order valence-corrected chi connectivity index (χ4v) is 2.47. The second-order valence-electron chi connectivity index (χ2n) is 5.20. The van der Waals surface area contributed by atoms with Crippen LogP contribution < -0.4 is 5.32 Å². The maximum Gasteiger partial charge on any atom is 0.245 e. The predicted octanol–water partition coefficient (Wildman–Crippen LogP) is 1.63. The summed E-state index contributed by atoms with van der Waals surface area (Å²) >= 11 is 0. The van der Waals surface area contributed by atoms with Crippen LogP contribution in [0.5, 0.6) is 0 Å². The Balaban J connectivity index is 2.00. The maximum atomic E-state index is 13.1. The highest BCUT2D eigenvalue weighted by atomic mass is 19.1. The highest BCUT2D eigenvalue weighted by Gasteiger charge is 2.31. The van der Waals surface area contributed by atoms with E-state index in [0.717, 1.165) is 12.5 Å². The van der Waals surface area contributed by atoms with Crippen molar-refractivity contribution in [2.24, 2.45) is 0 Å². The number of carbonyl (C=O) groups excluding carboxylic acids is 2. The molecule has 0 saturated carbocycles. The minimum absolute atomic E-state index is 0.00313. The molecule has 1 N–H and O–H groups in total. The van der Waals surface area contributed by atoms with Crippen LogP contribution in [0.2, 0.25) is 0 Å². The molecule has 0 aromatic heterocycles. The molecule has 1 aliphatic rings. The van der Waals surface area contributed by atoms with E-state index in [1.807, 2.05) is 6.92 Å². The van der Waals surface area contributed by atoms with Gasteiger partial charge in [-0.05, 0) is 30.5 Å². The van der Waals surface area contributed by atoms with E-state index in [9.17, 15) is 18.4 Å². The van der Waals surface area contributed by atoms with Crippen molar-refractivity contribution < 1.29 is 18.4 Å². The van der Waals surface area contributed by atoms with Crippen LogP contribution in [-0.2, 0) is 16.0 Å². The average Bonchev–Trinajstić information content (AvgIpc) is 2.40. The van der Waals surface area contributed by atoms with E-state index in [-0.39, 0.29) is 24.9 Å². The summed E-state index contributed by atoms with van der Waals surface area (Å²) in [5.41, 5.74) is 0.471. The van der Waals surface area contributed by atoms with Crippen LogP contribution in [-0.4, -0.2) is 35.8 Å². The number of piperazine rings is 1. The molecule has 0 radical (unpaired) electrons. The Morgan fingerprint density at radius 1 is 1.24 bits per heavy atom. The smallest absolute Gasteiger partial charge is 0.245 e. The Labute approximate surface area is 122 Å². The first-order valence-corrected chi connectivity index (χ1v) is 7.02. The number of hydrogen-bond acceptors (Lipinski definition) is 2. The van der Waals surface area contributed by atoms with Gasteiger partial charge in [-0.1, -0.05) is 13.3 Å². The van der Waals surface area contributed by atoms with Gasteiger partial charge in [0.15, 0.2) is 0 Å². The third kappa shape index (κ3) is 4.00. The van der Waals surface area contributed by atoms with Gasteiger partial charge in [0.2, 0.25) is 11.8 Å². The zero-order valence-corrected chi connectivity index (χ0v) is 11.9. The minimum Gasteiger partial charge on any atom is -0.343 e. The molecule has 1 heterocycles. The summed E-state index contributed by atoms with van der Waals surface area (Å²) in [6.45, 7) is 2.21. The highest BCUT2D eigenvalue weighted by molar-refractivity contribution is 5.94. The first-order chi connectivity index (χ1) is 9.99. The second-order valence-corrected chi connectivity index (χ2v) is 5.20. The molecule has 21 heavy (non-hydrogen) atoms. The van der Waals surface area contributed by atoms with Gasteiger partial charge in [0.25, 0.3) is 0 Å². The first-order valence-electron chi connectivity index (χ1n) is 7.02. The molecule has 1 aromatic rings. The zero-order valence-electron chi connectivity index (χ0n) is 11.9. The Hall–Kier alpha value is -1.98. The molecule has 2 amide bonds. The summed E-state index contributed by atoms with van der Waals surface area (Å²) in [7, 11) is 0. The Kier molecular flexibility index (Phi) is 4.88. The van der Waals surface area contributed by atoms with Crippen molar-refractivity contribution in [3.05, 3.63) is 35.4 Å². The minimum atomic E-state index is -0.642. The van der Waals surface area contributed by atoms with E-state index in [1.54, 1.807) is 0 Å². The summed E-state index contributed by atoms with van der Waals surface area (Å²) in [5.74, 6) is -1.61. The molecule has 1 unspecified atom stereocenters. The SMILES string of the molecule is CCCC1NC(=O)CN(CCc2cc(F)cc(F)c2)C1=O. The zero-order chi connectivity index (χ0) is 15.4. The molecule has 0 spiro atoms. The van der Waals surface area contributed by atoms with E-state index >= 15 is 0 Å². The number of nitrogens with zero attached hydrogens (tertiary/aromatic N) is 1. The van der Waals surface area contributed by atoms with Crippen molar-refractivity contribution >= 4 is 11.8 Å². The summed E-state index contributed by atoms with van der Waals surface area (Å²) in [6, 6.07) is 2.79. The van der Waals surface area contributed by atoms with Crippen LogP contribution in [0, 0.1) is 11.6 Å². The second kappa shape index (κ2) is 6.65. The quantitative estimate of drug-likeness (QED) is 0.898. The largest absolute Gasteiger partial charge is 0.343 e. The lowest BCUT2D eigenvalue weighted by Crippen LogP contribution is -2.58. The predicted molar refractivity (Wildman–Crippen MR) is 73.5 cm³/mol. The van der Waals surface area contributed by atoms with Crippen LogP contribution in [0.15, 0.2) is 18.2 Å². The van der Waals surface area contributed by atoms with Gasteiger partial charge in [0.1, 0.15) is 17.7 Å². The Morgan fingerprint density at radius 2 is 1.90 bits per heavy atom. The van der Waals surface area contributed by atoms with Gasteiger partial charge in [-0.25, -0.2) is 8.78 Å². The lowest BCUT2D eigenvalue weighted by Gasteiger charge is -2.32. The van der Waals surface area contributed by atoms with E-state index in [0.29, 0.717) is 18.4 Å². The summed E-state index contributed by atoms with van der Waals surface area (Å²) in [4.78, 5) is 25.2. The maximum absolute atomic E-state index is 13.1. The average molecular weight is 296 g/mol. The molecule has 1 fully saturated rings. The van der Waals surface area contributed by atoms with Gasteiger partial charge in [-0.15, -0.1) is 0 Å². The molecule has 0 bridgehead atoms. The number of hydrogen-bond donors (Lipinski definition) is 1. The standard InChI is InChI=1S/C15H18F2N2O2/c1-2-3-13-15(21)19(9-14(20)18-13)5-4-10-6-11(16)8-12(17)7-10/h6-8,13H,2-5,9H2,1H3,(H,18,20).